The SMILES string of the molecule is CC[C@@H](C)[C@@H](NC(=O)Cc1ccc2c(c1)OCC2)c1nc2ccccc2[nH]1. The van der Waals surface area contributed by atoms with Gasteiger partial charge < -0.3 is 15.0 Å². The number of carbonyl (C=O) groups excluding carboxylic acids is 1. The molecule has 5 nitrogen and oxygen atoms in total. The Bertz CT molecular complexity index is 930. The Morgan fingerprint density at radius 3 is 2.96 bits per heavy atom. The van der Waals surface area contributed by atoms with E-state index in [1.54, 1.807) is 0 Å². The van der Waals surface area contributed by atoms with Crippen LogP contribution in [0.1, 0.15) is 43.3 Å². The Balaban J connectivity index is 1.52. The summed E-state index contributed by atoms with van der Waals surface area (Å²) in [5, 5.41) is 3.19. The molecule has 1 aromatic heterocycles. The molecule has 4 rings (SSSR count). The summed E-state index contributed by atoms with van der Waals surface area (Å²) in [5.74, 6) is 2.00. The molecule has 0 saturated carbocycles. The van der Waals surface area contributed by atoms with E-state index in [4.69, 9.17) is 9.72 Å². The van der Waals surface area contributed by atoms with Crippen LogP contribution in [0.5, 0.6) is 5.75 Å². The van der Waals surface area contributed by atoms with Crippen LogP contribution < -0.4 is 10.1 Å². The molecule has 0 radical (unpaired) electrons. The number of para-hydroxylation sites is 2. The number of ether oxygens (including phenoxy) is 1. The van der Waals surface area contributed by atoms with Crippen molar-refractivity contribution in [2.24, 2.45) is 5.92 Å². The largest absolute Gasteiger partial charge is 0.493 e. The third kappa shape index (κ3) is 3.68. The summed E-state index contributed by atoms with van der Waals surface area (Å²) in [6, 6.07) is 13.9. The molecule has 140 valence electrons. The molecule has 2 aromatic carbocycles. The molecule has 2 N–H and O–H groups in total. The molecule has 1 aliphatic rings. The molecule has 5 heteroatoms. The van der Waals surface area contributed by atoms with Gasteiger partial charge in [0, 0.05) is 6.42 Å². The fourth-order valence-corrected chi connectivity index (χ4v) is 3.57. The molecule has 0 spiro atoms. The lowest BCUT2D eigenvalue weighted by molar-refractivity contribution is -0.121. The number of hydrogen-bond acceptors (Lipinski definition) is 3. The number of aromatic amines is 1. The summed E-state index contributed by atoms with van der Waals surface area (Å²) in [5.41, 5.74) is 4.11. The van der Waals surface area contributed by atoms with Gasteiger partial charge in [0.05, 0.1) is 30.1 Å². The molecule has 0 unspecified atom stereocenters. The Morgan fingerprint density at radius 1 is 1.30 bits per heavy atom. The second kappa shape index (κ2) is 7.43. The van der Waals surface area contributed by atoms with E-state index in [1.807, 2.05) is 36.4 Å². The molecule has 0 bridgehead atoms. The molecule has 3 aromatic rings. The first-order valence-electron chi connectivity index (χ1n) is 9.62. The number of hydrogen-bond donors (Lipinski definition) is 2. The van der Waals surface area contributed by atoms with Crippen molar-refractivity contribution < 1.29 is 9.53 Å². The monoisotopic (exact) mass is 363 g/mol. The highest BCUT2D eigenvalue weighted by Gasteiger charge is 2.24. The average Bonchev–Trinajstić information content (AvgIpc) is 3.31. The van der Waals surface area contributed by atoms with Crippen LogP contribution in [0.15, 0.2) is 42.5 Å². The van der Waals surface area contributed by atoms with Gasteiger partial charge in [0.1, 0.15) is 11.6 Å². The van der Waals surface area contributed by atoms with Crippen LogP contribution in [0.3, 0.4) is 0 Å². The van der Waals surface area contributed by atoms with Gasteiger partial charge in [-0.3, -0.25) is 4.79 Å². The fraction of sp³-hybridized carbons (Fsp3) is 0.364. The smallest absolute Gasteiger partial charge is 0.225 e. The van der Waals surface area contributed by atoms with Gasteiger partial charge in [-0.1, -0.05) is 44.5 Å². The van der Waals surface area contributed by atoms with Gasteiger partial charge in [0.2, 0.25) is 5.91 Å². The predicted molar refractivity (Wildman–Crippen MR) is 106 cm³/mol. The first-order valence-corrected chi connectivity index (χ1v) is 9.62. The van der Waals surface area contributed by atoms with Gasteiger partial charge in [-0.2, -0.15) is 0 Å². The van der Waals surface area contributed by atoms with Crippen molar-refractivity contribution in [2.45, 2.75) is 39.2 Å². The Hall–Kier alpha value is -2.82. The maximum Gasteiger partial charge on any atom is 0.225 e. The molecule has 1 aliphatic heterocycles. The number of nitrogens with one attached hydrogen (secondary N) is 2. The summed E-state index contributed by atoms with van der Waals surface area (Å²) >= 11 is 0. The van der Waals surface area contributed by atoms with E-state index < -0.39 is 0 Å². The highest BCUT2D eigenvalue weighted by Crippen LogP contribution is 2.27. The van der Waals surface area contributed by atoms with Gasteiger partial charge in [0.15, 0.2) is 0 Å². The average molecular weight is 363 g/mol. The highest BCUT2D eigenvalue weighted by atomic mass is 16.5. The number of carbonyl (C=O) groups is 1. The molecular formula is C22H25N3O2. The number of H-pyrrole nitrogens is 1. The van der Waals surface area contributed by atoms with Crippen LogP contribution >= 0.6 is 0 Å². The minimum absolute atomic E-state index is 0.00120. The molecule has 0 fully saturated rings. The van der Waals surface area contributed by atoms with Crippen molar-refractivity contribution in [3.05, 3.63) is 59.4 Å². The van der Waals surface area contributed by atoms with Crippen LogP contribution in [0.2, 0.25) is 0 Å². The number of fused-ring (bicyclic) bond motifs is 2. The van der Waals surface area contributed by atoms with E-state index in [2.05, 4.69) is 30.2 Å². The zero-order valence-corrected chi connectivity index (χ0v) is 15.8. The van der Waals surface area contributed by atoms with E-state index in [0.29, 0.717) is 6.42 Å². The number of rotatable bonds is 6. The van der Waals surface area contributed by atoms with Crippen molar-refractivity contribution in [2.75, 3.05) is 6.61 Å². The lowest BCUT2D eigenvalue weighted by atomic mass is 9.98. The predicted octanol–water partition coefficient (Wildman–Crippen LogP) is 3.94. The van der Waals surface area contributed by atoms with E-state index >= 15 is 0 Å². The minimum Gasteiger partial charge on any atom is -0.493 e. The Morgan fingerprint density at radius 2 is 2.15 bits per heavy atom. The summed E-state index contributed by atoms with van der Waals surface area (Å²) in [6.45, 7) is 5.00. The quantitative estimate of drug-likeness (QED) is 0.697. The topological polar surface area (TPSA) is 67.0 Å². The molecule has 2 heterocycles. The fourth-order valence-electron chi connectivity index (χ4n) is 3.57. The summed E-state index contributed by atoms with van der Waals surface area (Å²) in [7, 11) is 0. The van der Waals surface area contributed by atoms with Crippen molar-refractivity contribution >= 4 is 16.9 Å². The molecule has 2 atom stereocenters. The lowest BCUT2D eigenvalue weighted by Crippen LogP contribution is -2.34. The van der Waals surface area contributed by atoms with E-state index in [9.17, 15) is 4.79 Å². The summed E-state index contributed by atoms with van der Waals surface area (Å²) in [6.07, 6.45) is 2.24. The molecule has 27 heavy (non-hydrogen) atoms. The van der Waals surface area contributed by atoms with Crippen molar-refractivity contribution in [3.8, 4) is 5.75 Å². The summed E-state index contributed by atoms with van der Waals surface area (Å²) in [4.78, 5) is 20.8. The minimum atomic E-state index is -0.138. The van der Waals surface area contributed by atoms with Crippen LogP contribution in [0.25, 0.3) is 11.0 Å². The van der Waals surface area contributed by atoms with E-state index in [0.717, 1.165) is 47.6 Å². The van der Waals surface area contributed by atoms with Gasteiger partial charge >= 0.3 is 0 Å². The summed E-state index contributed by atoms with van der Waals surface area (Å²) < 4.78 is 5.61. The maximum atomic E-state index is 12.7. The standard InChI is InChI=1S/C22H25N3O2/c1-3-14(2)21(22-23-17-6-4-5-7-18(17)24-22)25-20(26)13-15-8-9-16-10-11-27-19(16)12-15/h4-9,12,14,21H,3,10-11,13H2,1-2H3,(H,23,24)(H,25,26)/t14-,21-/m1/s1. The van der Waals surface area contributed by atoms with Gasteiger partial charge in [-0.15, -0.1) is 0 Å². The third-order valence-electron chi connectivity index (χ3n) is 5.36. The zero-order valence-electron chi connectivity index (χ0n) is 15.8. The van der Waals surface area contributed by atoms with Crippen LogP contribution in [0, 0.1) is 5.92 Å². The molecule has 0 aliphatic carbocycles. The van der Waals surface area contributed by atoms with Crippen LogP contribution in [-0.2, 0) is 17.6 Å². The van der Waals surface area contributed by atoms with Crippen molar-refractivity contribution in [3.63, 3.8) is 0 Å². The zero-order chi connectivity index (χ0) is 18.8. The van der Waals surface area contributed by atoms with Crippen LogP contribution in [0.4, 0.5) is 0 Å². The normalized spacial score (nSPS) is 15.2. The molecular weight excluding hydrogens is 338 g/mol. The molecule has 1 amide bonds. The number of aromatic nitrogens is 2. The highest BCUT2D eigenvalue weighted by molar-refractivity contribution is 5.79. The number of nitrogens with zero attached hydrogens (tertiary/aromatic N) is 1. The number of imidazole rings is 1. The van der Waals surface area contributed by atoms with E-state index in [1.165, 1.54) is 5.56 Å². The number of benzene rings is 2. The van der Waals surface area contributed by atoms with Gasteiger partial charge in [-0.05, 0) is 35.2 Å². The second-order valence-corrected chi connectivity index (χ2v) is 7.29. The number of amides is 1. The van der Waals surface area contributed by atoms with E-state index in [-0.39, 0.29) is 17.9 Å². The van der Waals surface area contributed by atoms with Gasteiger partial charge in [-0.25, -0.2) is 4.98 Å². The van der Waals surface area contributed by atoms with Crippen molar-refractivity contribution in [1.29, 1.82) is 0 Å². The first kappa shape index (κ1) is 17.6. The third-order valence-corrected chi connectivity index (χ3v) is 5.36. The molecule has 0 saturated heterocycles. The van der Waals surface area contributed by atoms with Crippen LogP contribution in [-0.4, -0.2) is 22.5 Å². The Labute approximate surface area is 159 Å². The van der Waals surface area contributed by atoms with Crippen molar-refractivity contribution in [1.82, 2.24) is 15.3 Å². The van der Waals surface area contributed by atoms with Gasteiger partial charge in [0.25, 0.3) is 0 Å². The second-order valence-electron chi connectivity index (χ2n) is 7.29. The first-order chi connectivity index (χ1) is 13.1. The maximum absolute atomic E-state index is 12.7. The lowest BCUT2D eigenvalue weighted by Gasteiger charge is -2.22. The Kier molecular flexibility index (Phi) is 4.84.